The number of fused-ring (bicyclic) bond motifs is 2. The maximum absolute atomic E-state index is 12.5. The van der Waals surface area contributed by atoms with E-state index in [2.05, 4.69) is 5.32 Å². The lowest BCUT2D eigenvalue weighted by molar-refractivity contribution is -0.116. The van der Waals surface area contributed by atoms with Gasteiger partial charge in [0, 0.05) is 29.6 Å². The van der Waals surface area contributed by atoms with Gasteiger partial charge in [0.25, 0.3) is 0 Å². The number of carbonyl (C=O) groups is 1. The molecule has 2 heterocycles. The monoisotopic (exact) mass is 393 g/mol. The van der Waals surface area contributed by atoms with Gasteiger partial charge in [0.15, 0.2) is 11.5 Å². The first-order valence-corrected chi connectivity index (χ1v) is 9.39. The average Bonchev–Trinajstić information content (AvgIpc) is 3.29. The molecule has 6 heteroatoms. The fourth-order valence-corrected chi connectivity index (χ4v) is 3.41. The summed E-state index contributed by atoms with van der Waals surface area (Å²) in [6, 6.07) is 9.51. The molecule has 150 valence electrons. The lowest BCUT2D eigenvalue weighted by Gasteiger charge is -2.10. The van der Waals surface area contributed by atoms with Crippen LogP contribution in [0.2, 0.25) is 0 Å². The van der Waals surface area contributed by atoms with Crippen molar-refractivity contribution in [2.24, 2.45) is 0 Å². The van der Waals surface area contributed by atoms with Crippen LogP contribution in [0.1, 0.15) is 29.4 Å². The smallest absolute Gasteiger partial charge is 0.244 e. The van der Waals surface area contributed by atoms with Crippen molar-refractivity contribution in [3.63, 3.8) is 0 Å². The number of allylic oxidation sites excluding steroid dienone is 1. The number of carbonyl (C=O) groups excluding carboxylic acids is 1. The zero-order chi connectivity index (χ0) is 20.5. The van der Waals surface area contributed by atoms with Gasteiger partial charge in [-0.1, -0.05) is 6.07 Å². The number of benzene rings is 2. The Balaban J connectivity index is 1.53. The molecule has 6 nitrogen and oxygen atoms in total. The second-order valence-electron chi connectivity index (χ2n) is 7.06. The highest BCUT2D eigenvalue weighted by Gasteiger charge is 2.15. The van der Waals surface area contributed by atoms with Gasteiger partial charge in [0.1, 0.15) is 17.1 Å². The average molecular weight is 393 g/mol. The molecule has 1 aliphatic heterocycles. The van der Waals surface area contributed by atoms with Crippen molar-refractivity contribution >= 4 is 22.4 Å². The number of nitrogens with one attached hydrogen (secondary N) is 1. The van der Waals surface area contributed by atoms with E-state index in [1.807, 2.05) is 51.1 Å². The predicted octanol–water partition coefficient (Wildman–Crippen LogP) is 4.51. The fourth-order valence-electron chi connectivity index (χ4n) is 3.41. The maximum atomic E-state index is 12.5. The van der Waals surface area contributed by atoms with E-state index >= 15 is 0 Å². The van der Waals surface area contributed by atoms with E-state index in [-0.39, 0.29) is 12.7 Å². The van der Waals surface area contributed by atoms with Crippen molar-refractivity contribution < 1.29 is 23.4 Å². The molecule has 0 saturated heterocycles. The molecule has 1 amide bonds. The molecule has 0 saturated carbocycles. The van der Waals surface area contributed by atoms with Crippen LogP contribution in [0.4, 0.5) is 0 Å². The molecule has 0 radical (unpaired) electrons. The van der Waals surface area contributed by atoms with Gasteiger partial charge in [0.2, 0.25) is 12.7 Å². The Labute approximate surface area is 169 Å². The van der Waals surface area contributed by atoms with E-state index in [1.54, 1.807) is 13.2 Å². The molecule has 1 aliphatic rings. The quantitative estimate of drug-likeness (QED) is 0.646. The summed E-state index contributed by atoms with van der Waals surface area (Å²) in [6.45, 7) is 6.48. The minimum absolute atomic E-state index is 0.178. The van der Waals surface area contributed by atoms with Crippen LogP contribution in [0.15, 0.2) is 40.8 Å². The van der Waals surface area contributed by atoms with Gasteiger partial charge in [-0.25, -0.2) is 0 Å². The van der Waals surface area contributed by atoms with Crippen LogP contribution in [-0.4, -0.2) is 19.8 Å². The highest BCUT2D eigenvalue weighted by Crippen LogP contribution is 2.35. The molecule has 0 bridgehead atoms. The second-order valence-corrected chi connectivity index (χ2v) is 7.06. The molecular formula is C23H23NO5. The minimum atomic E-state index is -0.178. The summed E-state index contributed by atoms with van der Waals surface area (Å²) in [5, 5.41) is 3.93. The number of aryl methyl sites for hydroxylation is 2. The molecule has 0 atom stereocenters. The van der Waals surface area contributed by atoms with Gasteiger partial charge >= 0.3 is 0 Å². The number of furan rings is 1. The molecule has 0 fully saturated rings. The van der Waals surface area contributed by atoms with E-state index in [1.165, 1.54) is 0 Å². The van der Waals surface area contributed by atoms with Crippen LogP contribution >= 0.6 is 0 Å². The Morgan fingerprint density at radius 1 is 1.17 bits per heavy atom. The zero-order valence-electron chi connectivity index (χ0n) is 16.9. The molecule has 1 N–H and O–H groups in total. The third-order valence-electron chi connectivity index (χ3n) is 5.17. The van der Waals surface area contributed by atoms with Crippen LogP contribution in [0.5, 0.6) is 17.2 Å². The number of rotatable bonds is 5. The highest BCUT2D eigenvalue weighted by molar-refractivity contribution is 5.97. The fraction of sp³-hybridized carbons (Fsp3) is 0.261. The van der Waals surface area contributed by atoms with Crippen LogP contribution in [0, 0.1) is 13.8 Å². The van der Waals surface area contributed by atoms with Gasteiger partial charge in [-0.2, -0.15) is 0 Å². The molecule has 3 aromatic rings. The SMILES string of the molecule is COc1cc2oc(C)c(C)c2cc1/C(C)=C/C(=O)NCc1ccc2c(c1)OCO2. The number of amides is 1. The Bertz CT molecular complexity index is 1130. The van der Waals surface area contributed by atoms with Crippen LogP contribution < -0.4 is 19.5 Å². The predicted molar refractivity (Wildman–Crippen MR) is 110 cm³/mol. The van der Waals surface area contributed by atoms with E-state index in [0.717, 1.165) is 44.7 Å². The minimum Gasteiger partial charge on any atom is -0.496 e. The summed E-state index contributed by atoms with van der Waals surface area (Å²) < 4.78 is 22.0. The van der Waals surface area contributed by atoms with Crippen LogP contribution in [-0.2, 0) is 11.3 Å². The summed E-state index contributed by atoms with van der Waals surface area (Å²) in [6.07, 6.45) is 1.58. The first-order chi connectivity index (χ1) is 14.0. The Morgan fingerprint density at radius 3 is 2.76 bits per heavy atom. The van der Waals surface area contributed by atoms with Crippen molar-refractivity contribution in [2.75, 3.05) is 13.9 Å². The third-order valence-corrected chi connectivity index (χ3v) is 5.17. The molecule has 0 spiro atoms. The second kappa shape index (κ2) is 7.54. The van der Waals surface area contributed by atoms with Crippen molar-refractivity contribution in [3.8, 4) is 17.2 Å². The Hall–Kier alpha value is -3.41. The molecule has 1 aromatic heterocycles. The molecule has 2 aromatic carbocycles. The highest BCUT2D eigenvalue weighted by atomic mass is 16.7. The van der Waals surface area contributed by atoms with Crippen LogP contribution in [0.3, 0.4) is 0 Å². The number of ether oxygens (including phenoxy) is 3. The zero-order valence-corrected chi connectivity index (χ0v) is 16.9. The van der Waals surface area contributed by atoms with E-state index in [0.29, 0.717) is 18.0 Å². The normalized spacial score (nSPS) is 13.0. The van der Waals surface area contributed by atoms with E-state index in [9.17, 15) is 4.79 Å². The molecular weight excluding hydrogens is 370 g/mol. The number of methoxy groups -OCH3 is 1. The third kappa shape index (κ3) is 3.66. The lowest BCUT2D eigenvalue weighted by atomic mass is 10.0. The summed E-state index contributed by atoms with van der Waals surface area (Å²) in [5.74, 6) is 2.80. The Morgan fingerprint density at radius 2 is 1.97 bits per heavy atom. The molecule has 29 heavy (non-hydrogen) atoms. The summed E-state index contributed by atoms with van der Waals surface area (Å²) in [4.78, 5) is 12.5. The topological polar surface area (TPSA) is 69.9 Å². The van der Waals surface area contributed by atoms with Gasteiger partial charge in [-0.05, 0) is 55.7 Å². The largest absolute Gasteiger partial charge is 0.496 e. The summed E-state index contributed by atoms with van der Waals surface area (Å²) in [7, 11) is 1.61. The van der Waals surface area contributed by atoms with Gasteiger partial charge < -0.3 is 23.9 Å². The van der Waals surface area contributed by atoms with E-state index < -0.39 is 0 Å². The number of hydrogen-bond acceptors (Lipinski definition) is 5. The maximum Gasteiger partial charge on any atom is 0.244 e. The van der Waals surface area contributed by atoms with Crippen molar-refractivity contribution in [1.82, 2.24) is 5.32 Å². The van der Waals surface area contributed by atoms with Crippen LogP contribution in [0.25, 0.3) is 16.5 Å². The molecule has 4 rings (SSSR count). The first kappa shape index (κ1) is 18.9. The van der Waals surface area contributed by atoms with Crippen molar-refractivity contribution in [1.29, 1.82) is 0 Å². The Kier molecular flexibility index (Phi) is 4.92. The summed E-state index contributed by atoms with van der Waals surface area (Å²) in [5.41, 5.74) is 4.48. The van der Waals surface area contributed by atoms with Gasteiger partial charge in [0.05, 0.1) is 7.11 Å². The standard InChI is InChI=1S/C23H23NO5/c1-13(17-9-18-14(2)15(3)29-21(18)10-20(17)26-4)7-23(25)24-11-16-5-6-19-22(8-16)28-12-27-19/h5-10H,11-12H2,1-4H3,(H,24,25)/b13-7+. The summed E-state index contributed by atoms with van der Waals surface area (Å²) >= 11 is 0. The lowest BCUT2D eigenvalue weighted by Crippen LogP contribution is -2.20. The van der Waals surface area contributed by atoms with Gasteiger partial charge in [-0.3, -0.25) is 4.79 Å². The first-order valence-electron chi connectivity index (χ1n) is 9.39. The molecule has 0 aliphatic carbocycles. The molecule has 0 unspecified atom stereocenters. The van der Waals surface area contributed by atoms with E-state index in [4.69, 9.17) is 18.6 Å². The number of hydrogen-bond donors (Lipinski definition) is 1. The van der Waals surface area contributed by atoms with Crippen molar-refractivity contribution in [2.45, 2.75) is 27.3 Å². The van der Waals surface area contributed by atoms with Crippen molar-refractivity contribution in [3.05, 3.63) is 58.9 Å². The van der Waals surface area contributed by atoms with Gasteiger partial charge in [-0.15, -0.1) is 0 Å².